The Kier molecular flexibility index (Phi) is 10.4. The van der Waals surface area contributed by atoms with E-state index in [2.05, 4.69) is 6.08 Å². The zero-order chi connectivity index (χ0) is 34.9. The van der Waals surface area contributed by atoms with Crippen LogP contribution in [0.2, 0.25) is 0 Å². The lowest BCUT2D eigenvalue weighted by atomic mass is 9.64. The van der Waals surface area contributed by atoms with Crippen LogP contribution in [-0.2, 0) is 29.2 Å². The van der Waals surface area contributed by atoms with Gasteiger partial charge in [0.15, 0.2) is 5.78 Å². The van der Waals surface area contributed by atoms with E-state index in [4.69, 9.17) is 0 Å². The van der Waals surface area contributed by atoms with E-state index < -0.39 is 50.6 Å². The molecule has 0 saturated heterocycles. The Morgan fingerprint density at radius 3 is 2.42 bits per heavy atom. The van der Waals surface area contributed by atoms with E-state index >= 15 is 0 Å². The molecule has 258 valence electrons. The highest BCUT2D eigenvalue weighted by atomic mass is 32.2. The van der Waals surface area contributed by atoms with E-state index in [1.165, 1.54) is 16.4 Å². The van der Waals surface area contributed by atoms with Gasteiger partial charge in [0.2, 0.25) is 10.0 Å². The van der Waals surface area contributed by atoms with Crippen molar-refractivity contribution in [3.63, 3.8) is 0 Å². The molecule has 3 aliphatic carbocycles. The number of rotatable bonds is 7. The maximum Gasteiger partial charge on any atom is 0.416 e. The van der Waals surface area contributed by atoms with Gasteiger partial charge in [0.25, 0.3) is 0 Å². The van der Waals surface area contributed by atoms with Crippen LogP contribution in [0.25, 0.3) is 0 Å². The summed E-state index contributed by atoms with van der Waals surface area (Å²) in [5.74, 6) is -0.990. The van der Waals surface area contributed by atoms with Gasteiger partial charge in [-0.1, -0.05) is 73.2 Å². The van der Waals surface area contributed by atoms with Crippen molar-refractivity contribution in [3.8, 4) is 0 Å². The molecule has 2 bridgehead atoms. The summed E-state index contributed by atoms with van der Waals surface area (Å²) < 4.78 is 68.5. The maximum absolute atomic E-state index is 14.2. The molecular formula is C38H44F3NO5S. The molecule has 4 atom stereocenters. The lowest BCUT2D eigenvalue weighted by Gasteiger charge is -2.45. The maximum atomic E-state index is 14.2. The van der Waals surface area contributed by atoms with Gasteiger partial charge in [-0.2, -0.15) is 17.5 Å². The molecule has 3 aliphatic rings. The van der Waals surface area contributed by atoms with Gasteiger partial charge in [-0.05, 0) is 92.7 Å². The van der Waals surface area contributed by atoms with Crippen molar-refractivity contribution in [1.29, 1.82) is 0 Å². The van der Waals surface area contributed by atoms with E-state index in [1.807, 2.05) is 56.3 Å². The van der Waals surface area contributed by atoms with Crippen molar-refractivity contribution >= 4 is 15.8 Å². The first-order chi connectivity index (χ1) is 22.5. The fourth-order valence-corrected chi connectivity index (χ4v) is 8.39. The Morgan fingerprint density at radius 2 is 1.73 bits per heavy atom. The number of carbonyl (C=O) groups is 1. The third-order valence-corrected chi connectivity index (χ3v) is 11.7. The largest absolute Gasteiger partial charge is 0.416 e. The van der Waals surface area contributed by atoms with Crippen LogP contribution < -0.4 is 0 Å². The Bertz CT molecular complexity index is 1770. The SMILES string of the molecule is CC1=CCCC2(C)C(CCC2(O)CN(Cc2ccccc2)S(C)(=O)=O)c2ccc(cc2C(=O)c2cccc(C(F)(F)F)c2)CC(O)CC1. The van der Waals surface area contributed by atoms with Gasteiger partial charge in [0, 0.05) is 29.6 Å². The third kappa shape index (κ3) is 7.77. The van der Waals surface area contributed by atoms with Crippen molar-refractivity contribution in [1.82, 2.24) is 4.31 Å². The average molecular weight is 684 g/mol. The topological polar surface area (TPSA) is 94.9 Å². The summed E-state index contributed by atoms with van der Waals surface area (Å²) in [7, 11) is -3.75. The zero-order valence-corrected chi connectivity index (χ0v) is 28.4. The molecule has 2 N–H and O–H groups in total. The Hall–Kier alpha value is -3.31. The first kappa shape index (κ1) is 36.0. The molecule has 1 saturated carbocycles. The van der Waals surface area contributed by atoms with Gasteiger partial charge in [-0.3, -0.25) is 4.79 Å². The van der Waals surface area contributed by atoms with Crippen LogP contribution in [0.3, 0.4) is 0 Å². The summed E-state index contributed by atoms with van der Waals surface area (Å²) in [6, 6.07) is 18.9. The normalized spacial score (nSPS) is 25.4. The number of aliphatic hydroxyl groups excluding tert-OH is 1. The van der Waals surface area contributed by atoms with Gasteiger partial charge in [-0.25, -0.2) is 8.42 Å². The number of allylic oxidation sites excluding steroid dienone is 2. The minimum absolute atomic E-state index is 0.0814. The fraction of sp³-hybridized carbons (Fsp3) is 0.447. The molecule has 0 spiro atoms. The molecule has 0 aliphatic heterocycles. The summed E-state index contributed by atoms with van der Waals surface area (Å²) >= 11 is 0. The number of hydrogen-bond acceptors (Lipinski definition) is 5. The molecule has 48 heavy (non-hydrogen) atoms. The van der Waals surface area contributed by atoms with Gasteiger partial charge >= 0.3 is 6.18 Å². The highest BCUT2D eigenvalue weighted by Gasteiger charge is 2.58. The van der Waals surface area contributed by atoms with Gasteiger partial charge < -0.3 is 10.2 Å². The molecule has 0 heterocycles. The number of nitrogens with zero attached hydrogens (tertiary/aromatic N) is 1. The number of carbonyl (C=O) groups excluding carboxylic acids is 1. The Labute approximate surface area is 281 Å². The second-order valence-electron chi connectivity index (χ2n) is 13.9. The van der Waals surface area contributed by atoms with E-state index in [-0.39, 0.29) is 37.1 Å². The lowest BCUT2D eigenvalue weighted by Crippen LogP contribution is -2.53. The van der Waals surface area contributed by atoms with Gasteiger partial charge in [0.05, 0.1) is 23.5 Å². The van der Waals surface area contributed by atoms with Gasteiger partial charge in [-0.15, -0.1) is 0 Å². The third-order valence-electron chi connectivity index (χ3n) is 10.5. The molecule has 4 unspecified atom stereocenters. The molecule has 0 amide bonds. The number of ketones is 1. The van der Waals surface area contributed by atoms with Crippen molar-refractivity contribution in [2.24, 2.45) is 5.41 Å². The molecule has 6 rings (SSSR count). The molecule has 3 aromatic rings. The molecule has 1 fully saturated rings. The average Bonchev–Trinajstić information content (AvgIpc) is 3.28. The summed E-state index contributed by atoms with van der Waals surface area (Å²) in [6.45, 7) is 3.87. The fourth-order valence-electron chi connectivity index (χ4n) is 7.56. The minimum atomic E-state index is -4.63. The van der Waals surface area contributed by atoms with Crippen LogP contribution in [0.5, 0.6) is 0 Å². The number of fused-ring (bicyclic) bond motifs is 8. The van der Waals surface area contributed by atoms with Crippen molar-refractivity contribution in [2.75, 3.05) is 12.8 Å². The van der Waals surface area contributed by atoms with Crippen molar-refractivity contribution < 1.29 is 36.6 Å². The number of alkyl halides is 3. The standard InChI is InChI=1S/C38H44F3NO5S/c1-26-9-8-19-36(2)34(18-20-37(36,45)25-42(48(3,46)47)24-27-10-5-4-6-11-27)32-17-15-28(21-31(43)16-14-26)22-33(32)35(44)29-12-7-13-30(23-29)38(39,40)41/h4-7,9-13,15,17,22-23,31,34,43,45H,8,14,16,18-21,24-25H2,1-3H3. The van der Waals surface area contributed by atoms with E-state index in [0.717, 1.165) is 29.5 Å². The van der Waals surface area contributed by atoms with E-state index in [1.54, 1.807) is 6.07 Å². The van der Waals surface area contributed by atoms with Crippen LogP contribution in [0, 0.1) is 5.41 Å². The Balaban J connectivity index is 1.62. The van der Waals surface area contributed by atoms with E-state index in [9.17, 15) is 36.6 Å². The smallest absolute Gasteiger partial charge is 0.393 e. The van der Waals surface area contributed by atoms with Crippen molar-refractivity contribution in [2.45, 2.75) is 89.1 Å². The lowest BCUT2D eigenvalue weighted by molar-refractivity contribution is -0.137. The number of aliphatic hydroxyl groups is 2. The van der Waals surface area contributed by atoms with Gasteiger partial charge in [0.1, 0.15) is 0 Å². The Morgan fingerprint density at radius 1 is 1.00 bits per heavy atom. The molecule has 10 heteroatoms. The van der Waals surface area contributed by atoms with Crippen LogP contribution in [-0.4, -0.2) is 53.2 Å². The summed E-state index contributed by atoms with van der Waals surface area (Å²) in [5, 5.41) is 23.4. The highest BCUT2D eigenvalue weighted by molar-refractivity contribution is 7.88. The molecular weight excluding hydrogens is 639 g/mol. The first-order valence-corrected chi connectivity index (χ1v) is 18.2. The monoisotopic (exact) mass is 683 g/mol. The number of benzene rings is 3. The van der Waals surface area contributed by atoms with E-state index in [0.29, 0.717) is 43.2 Å². The predicted molar refractivity (Wildman–Crippen MR) is 180 cm³/mol. The molecule has 0 radical (unpaired) electrons. The van der Waals surface area contributed by atoms with Crippen LogP contribution >= 0.6 is 0 Å². The summed E-state index contributed by atoms with van der Waals surface area (Å²) in [6.07, 6.45) is 1.07. The second kappa shape index (κ2) is 13.9. The molecule has 3 aromatic carbocycles. The predicted octanol–water partition coefficient (Wildman–Crippen LogP) is 7.44. The molecule has 0 aromatic heterocycles. The number of sulfonamides is 1. The molecule has 6 nitrogen and oxygen atoms in total. The summed E-state index contributed by atoms with van der Waals surface area (Å²) in [4.78, 5) is 14.2. The zero-order valence-electron chi connectivity index (χ0n) is 27.6. The van der Waals surface area contributed by atoms with Crippen molar-refractivity contribution in [3.05, 3.63) is 118 Å². The van der Waals surface area contributed by atoms with Crippen LogP contribution in [0.1, 0.15) is 96.5 Å². The summed E-state index contributed by atoms with van der Waals surface area (Å²) in [5.41, 5.74) is -0.0484. The highest BCUT2D eigenvalue weighted by Crippen LogP contribution is 2.59. The second-order valence-corrected chi connectivity index (χ2v) is 15.9. The quantitative estimate of drug-likeness (QED) is 0.200. The van der Waals surface area contributed by atoms with Crippen LogP contribution in [0.15, 0.2) is 84.4 Å². The minimum Gasteiger partial charge on any atom is -0.393 e. The van der Waals surface area contributed by atoms with Crippen LogP contribution in [0.4, 0.5) is 13.2 Å². The number of halogens is 3. The first-order valence-electron chi connectivity index (χ1n) is 16.4. The number of hydrogen-bond donors (Lipinski definition) is 2.